The van der Waals surface area contributed by atoms with E-state index in [1.54, 1.807) is 24.3 Å². The van der Waals surface area contributed by atoms with E-state index in [1.807, 2.05) is 78.8 Å². The lowest BCUT2D eigenvalue weighted by Gasteiger charge is -2.56. The molecule has 0 bridgehead atoms. The van der Waals surface area contributed by atoms with E-state index in [0.717, 1.165) is 0 Å². The molecule has 4 rings (SSSR count). The molecule has 4 N–H and O–H groups in total. The van der Waals surface area contributed by atoms with Gasteiger partial charge in [0.05, 0.1) is 23.1 Å². The van der Waals surface area contributed by atoms with E-state index in [2.05, 4.69) is 15.0 Å². The van der Waals surface area contributed by atoms with Crippen LogP contribution in [0.25, 0.3) is 10.9 Å². The van der Waals surface area contributed by atoms with E-state index in [1.165, 1.54) is 6.07 Å². The topological polar surface area (TPSA) is 164 Å². The lowest BCUT2D eigenvalue weighted by Crippen LogP contribution is -2.63. The van der Waals surface area contributed by atoms with Gasteiger partial charge >= 0.3 is 7.82 Å². The van der Waals surface area contributed by atoms with Gasteiger partial charge in [0, 0.05) is 23.4 Å². The SMILES string of the molecule is CCOc1ccc2cc(S(=O)(=O)NC3CCC(C(=O)N[C@@H](c4ccccc4)C(OP(=O)(O)O)(C(C)(C)C)C(C)(C)C)CC3)ccc2n1. The molecular weight excluding hydrogens is 641 g/mol. The monoisotopic (exact) mass is 689 g/mol. The molecule has 3 aromatic rings. The van der Waals surface area contributed by atoms with Gasteiger partial charge in [0.25, 0.3) is 0 Å². The summed E-state index contributed by atoms with van der Waals surface area (Å²) < 4.78 is 53.2. The lowest BCUT2D eigenvalue weighted by atomic mass is 9.58. The maximum atomic E-state index is 13.9. The van der Waals surface area contributed by atoms with Crippen LogP contribution in [0.2, 0.25) is 0 Å². The third-order valence-electron chi connectivity index (χ3n) is 8.97. The summed E-state index contributed by atoms with van der Waals surface area (Å²) in [5.74, 6) is -0.233. The van der Waals surface area contributed by atoms with Crippen molar-refractivity contribution in [3.63, 3.8) is 0 Å². The summed E-state index contributed by atoms with van der Waals surface area (Å²) >= 11 is 0. The highest BCUT2D eigenvalue weighted by atomic mass is 32.2. The summed E-state index contributed by atoms with van der Waals surface area (Å²) in [7, 11) is -8.86. The first-order valence-electron chi connectivity index (χ1n) is 15.9. The molecule has 13 heteroatoms. The number of fused-ring (bicyclic) bond motifs is 1. The largest absolute Gasteiger partial charge is 0.478 e. The van der Waals surface area contributed by atoms with Crippen LogP contribution in [0.1, 0.15) is 85.8 Å². The standard InChI is InChI=1S/C34H48N3O8PS/c1-8-44-29-21-16-25-22-27(19-20-28(25)35-29)47(42,43)37-26-17-14-24(15-18-26)31(38)36-30(23-12-10-9-11-13-23)34(32(2,3)4,33(5,6)7)45-46(39,40)41/h9-13,16,19-22,24,26,30,37H,8,14-15,17-18H2,1-7H3,(H,36,38)(H2,39,40,41)/t24?,26?,30-/m0/s1. The van der Waals surface area contributed by atoms with Gasteiger partial charge in [0.1, 0.15) is 5.60 Å². The van der Waals surface area contributed by atoms with Crippen molar-refractivity contribution in [3.8, 4) is 5.88 Å². The highest BCUT2D eigenvalue weighted by Crippen LogP contribution is 2.60. The molecule has 1 amide bonds. The number of hydrogen-bond acceptors (Lipinski definition) is 7. The Labute approximate surface area is 278 Å². The Morgan fingerprint density at radius 3 is 2.13 bits per heavy atom. The van der Waals surface area contributed by atoms with E-state index in [4.69, 9.17) is 9.26 Å². The van der Waals surface area contributed by atoms with Crippen LogP contribution >= 0.6 is 7.82 Å². The Balaban J connectivity index is 1.52. The molecule has 1 heterocycles. The predicted molar refractivity (Wildman–Crippen MR) is 181 cm³/mol. The van der Waals surface area contributed by atoms with Crippen LogP contribution in [-0.2, 0) is 23.9 Å². The van der Waals surface area contributed by atoms with Crippen LogP contribution in [0.5, 0.6) is 5.88 Å². The van der Waals surface area contributed by atoms with E-state index in [0.29, 0.717) is 54.6 Å². The molecular formula is C34H48N3O8PS. The highest BCUT2D eigenvalue weighted by molar-refractivity contribution is 7.89. The van der Waals surface area contributed by atoms with Crippen molar-refractivity contribution in [1.29, 1.82) is 0 Å². The summed E-state index contributed by atoms with van der Waals surface area (Å²) in [6, 6.07) is 16.0. The van der Waals surface area contributed by atoms with E-state index in [-0.39, 0.29) is 16.8 Å². The molecule has 0 saturated heterocycles. The normalized spacial score (nSPS) is 18.9. The smallest absolute Gasteiger partial charge is 0.470 e. The third-order valence-corrected chi connectivity index (χ3v) is 11.0. The van der Waals surface area contributed by atoms with Crippen molar-refractivity contribution >= 4 is 34.7 Å². The number of carbonyl (C=O) groups is 1. The number of hydrogen-bond donors (Lipinski definition) is 4. The zero-order chi connectivity index (χ0) is 34.8. The minimum Gasteiger partial charge on any atom is -0.478 e. The number of rotatable bonds is 11. The van der Waals surface area contributed by atoms with Gasteiger partial charge in [-0.3, -0.25) is 9.32 Å². The minimum absolute atomic E-state index is 0.132. The van der Waals surface area contributed by atoms with Crippen molar-refractivity contribution in [2.24, 2.45) is 16.7 Å². The van der Waals surface area contributed by atoms with Crippen molar-refractivity contribution < 1.29 is 36.8 Å². The number of amides is 1. The molecule has 0 radical (unpaired) electrons. The van der Waals surface area contributed by atoms with Crippen LogP contribution in [0.4, 0.5) is 0 Å². The Morgan fingerprint density at radius 2 is 1.57 bits per heavy atom. The zero-order valence-electron chi connectivity index (χ0n) is 28.2. The Morgan fingerprint density at radius 1 is 0.957 bits per heavy atom. The van der Waals surface area contributed by atoms with E-state index >= 15 is 0 Å². The maximum absolute atomic E-state index is 13.9. The lowest BCUT2D eigenvalue weighted by molar-refractivity contribution is -0.159. The van der Waals surface area contributed by atoms with Crippen LogP contribution in [-0.4, -0.2) is 47.3 Å². The zero-order valence-corrected chi connectivity index (χ0v) is 29.9. The minimum atomic E-state index is -5.03. The first-order chi connectivity index (χ1) is 21.8. The molecule has 0 spiro atoms. The van der Waals surface area contributed by atoms with E-state index in [9.17, 15) is 27.6 Å². The van der Waals surface area contributed by atoms with Gasteiger partial charge in [-0.1, -0.05) is 71.9 Å². The second-order valence-corrected chi connectivity index (χ2v) is 17.2. The van der Waals surface area contributed by atoms with Crippen LogP contribution in [0.15, 0.2) is 65.6 Å². The summed E-state index contributed by atoms with van der Waals surface area (Å²) in [5.41, 5.74) is -1.95. The number of benzene rings is 2. The number of ether oxygens (including phenoxy) is 1. The van der Waals surface area contributed by atoms with Gasteiger partial charge in [0.2, 0.25) is 21.8 Å². The number of nitrogens with one attached hydrogen (secondary N) is 2. The second-order valence-electron chi connectivity index (χ2n) is 14.3. The van der Waals surface area contributed by atoms with Crippen LogP contribution < -0.4 is 14.8 Å². The van der Waals surface area contributed by atoms with Crippen molar-refractivity contribution in [2.75, 3.05) is 6.61 Å². The molecule has 0 unspecified atom stereocenters. The molecule has 1 saturated carbocycles. The molecule has 1 aliphatic carbocycles. The fourth-order valence-corrected chi connectivity index (χ4v) is 9.44. The predicted octanol–water partition coefficient (Wildman–Crippen LogP) is 6.27. The average Bonchev–Trinajstić information content (AvgIpc) is 2.97. The number of carbonyl (C=O) groups excluding carboxylic acids is 1. The highest BCUT2D eigenvalue weighted by Gasteiger charge is 2.61. The number of nitrogens with zero attached hydrogens (tertiary/aromatic N) is 1. The van der Waals surface area contributed by atoms with E-state index < -0.39 is 46.2 Å². The summed E-state index contributed by atoms with van der Waals surface area (Å²) in [5, 5.41) is 3.81. The number of pyridine rings is 1. The number of phosphoric acid groups is 1. The Kier molecular flexibility index (Phi) is 11.0. The van der Waals surface area contributed by atoms with Gasteiger partial charge in [-0.2, -0.15) is 0 Å². The molecule has 0 aliphatic heterocycles. The number of aromatic nitrogens is 1. The van der Waals surface area contributed by atoms with Gasteiger partial charge in [-0.05, 0) is 73.3 Å². The van der Waals surface area contributed by atoms with Gasteiger partial charge in [-0.15, -0.1) is 0 Å². The molecule has 11 nitrogen and oxygen atoms in total. The van der Waals surface area contributed by atoms with Crippen molar-refractivity contribution in [2.45, 2.75) is 96.7 Å². The Hall–Kier alpha value is -2.86. The quantitative estimate of drug-likeness (QED) is 0.170. The van der Waals surface area contributed by atoms with Gasteiger partial charge < -0.3 is 19.8 Å². The maximum Gasteiger partial charge on any atom is 0.470 e. The first kappa shape index (κ1) is 37.0. The summed E-state index contributed by atoms with van der Waals surface area (Å²) in [6.07, 6.45) is 1.76. The second kappa shape index (κ2) is 13.9. The number of sulfonamides is 1. The summed E-state index contributed by atoms with van der Waals surface area (Å²) in [6.45, 7) is 13.4. The molecule has 1 fully saturated rings. The molecule has 1 aliphatic rings. The fraction of sp³-hybridized carbons (Fsp3) is 0.529. The van der Waals surface area contributed by atoms with Gasteiger partial charge in [0.15, 0.2) is 0 Å². The first-order valence-corrected chi connectivity index (χ1v) is 19.0. The van der Waals surface area contributed by atoms with Crippen molar-refractivity contribution in [3.05, 3.63) is 66.2 Å². The van der Waals surface area contributed by atoms with Gasteiger partial charge in [-0.25, -0.2) is 22.7 Å². The number of phosphoric ester groups is 1. The molecule has 258 valence electrons. The average molecular weight is 690 g/mol. The third kappa shape index (κ3) is 8.42. The molecule has 2 aromatic carbocycles. The summed E-state index contributed by atoms with van der Waals surface area (Å²) in [4.78, 5) is 38.8. The van der Waals surface area contributed by atoms with Crippen LogP contribution in [0.3, 0.4) is 0 Å². The molecule has 1 atom stereocenters. The molecule has 47 heavy (non-hydrogen) atoms. The van der Waals surface area contributed by atoms with Crippen molar-refractivity contribution in [1.82, 2.24) is 15.0 Å². The van der Waals surface area contributed by atoms with Crippen LogP contribution in [0, 0.1) is 16.7 Å². The molecule has 1 aromatic heterocycles. The Bertz CT molecular complexity index is 1690. The fourth-order valence-electron chi connectivity index (χ4n) is 7.07.